The predicted molar refractivity (Wildman–Crippen MR) is 86.9 cm³/mol. The number of nitrogens with one attached hydrogen (secondary N) is 1. The van der Waals surface area contributed by atoms with Crippen molar-refractivity contribution < 1.29 is 4.42 Å². The van der Waals surface area contributed by atoms with Gasteiger partial charge in [-0.3, -0.25) is 4.90 Å². The Balaban J connectivity index is 1.97. The van der Waals surface area contributed by atoms with Gasteiger partial charge in [0.05, 0.1) is 12.8 Å². The maximum atomic E-state index is 5.62. The molecule has 1 aromatic heterocycles. The van der Waals surface area contributed by atoms with Crippen LogP contribution in [0.4, 0.5) is 0 Å². The number of hydrogen-bond donors (Lipinski definition) is 1. The Bertz CT molecular complexity index is 519. The molecule has 0 aliphatic carbocycles. The summed E-state index contributed by atoms with van der Waals surface area (Å²) in [5.41, 5.74) is 2.63. The molecule has 0 radical (unpaired) electrons. The summed E-state index contributed by atoms with van der Waals surface area (Å²) in [7, 11) is 0. The maximum Gasteiger partial charge on any atom is 0.122 e. The molecular weight excluding hydrogens is 260 g/mol. The second-order valence-electron chi connectivity index (χ2n) is 5.69. The van der Waals surface area contributed by atoms with Crippen LogP contribution in [0.5, 0.6) is 0 Å². The molecular formula is C18H26N2O. The van der Waals surface area contributed by atoms with E-state index in [1.807, 2.05) is 0 Å². The van der Waals surface area contributed by atoms with E-state index in [0.717, 1.165) is 31.9 Å². The van der Waals surface area contributed by atoms with Crippen LogP contribution in [0.25, 0.3) is 0 Å². The highest BCUT2D eigenvalue weighted by atomic mass is 16.3. The Morgan fingerprint density at radius 3 is 2.52 bits per heavy atom. The molecule has 3 heteroatoms. The first-order valence-corrected chi connectivity index (χ1v) is 7.74. The molecule has 0 amide bonds. The van der Waals surface area contributed by atoms with E-state index in [4.69, 9.17) is 4.42 Å². The van der Waals surface area contributed by atoms with Gasteiger partial charge in [-0.25, -0.2) is 0 Å². The molecule has 0 saturated heterocycles. The minimum Gasteiger partial charge on any atom is -0.468 e. The molecule has 0 fully saturated rings. The highest BCUT2D eigenvalue weighted by Gasteiger charge is 2.11. The Morgan fingerprint density at radius 1 is 1.10 bits per heavy atom. The van der Waals surface area contributed by atoms with Gasteiger partial charge < -0.3 is 9.73 Å². The minimum absolute atomic E-state index is 0.467. The minimum atomic E-state index is 0.467. The number of hydrogen-bond acceptors (Lipinski definition) is 3. The summed E-state index contributed by atoms with van der Waals surface area (Å²) in [6.45, 7) is 10.2. The number of benzene rings is 1. The predicted octanol–water partition coefficient (Wildman–Crippen LogP) is 3.80. The normalized spacial score (nSPS) is 11.5. The number of furan rings is 1. The van der Waals surface area contributed by atoms with E-state index in [9.17, 15) is 0 Å². The van der Waals surface area contributed by atoms with Crippen molar-refractivity contribution in [1.82, 2.24) is 10.2 Å². The van der Waals surface area contributed by atoms with Gasteiger partial charge in [0.2, 0.25) is 0 Å². The summed E-state index contributed by atoms with van der Waals surface area (Å²) < 4.78 is 5.62. The molecule has 0 unspecified atom stereocenters. The molecule has 0 bridgehead atoms. The molecule has 21 heavy (non-hydrogen) atoms. The summed E-state index contributed by atoms with van der Waals surface area (Å²) in [4.78, 5) is 2.43. The van der Waals surface area contributed by atoms with E-state index in [1.54, 1.807) is 6.26 Å². The Kier molecular flexibility index (Phi) is 6.03. The van der Waals surface area contributed by atoms with E-state index in [2.05, 4.69) is 67.4 Å². The van der Waals surface area contributed by atoms with Gasteiger partial charge in [0.1, 0.15) is 5.76 Å². The molecule has 0 aliphatic rings. The van der Waals surface area contributed by atoms with E-state index in [0.29, 0.717) is 6.04 Å². The molecule has 2 aromatic rings. The summed E-state index contributed by atoms with van der Waals surface area (Å²) in [5, 5.41) is 3.42. The fourth-order valence-corrected chi connectivity index (χ4v) is 2.32. The van der Waals surface area contributed by atoms with Gasteiger partial charge >= 0.3 is 0 Å². The quantitative estimate of drug-likeness (QED) is 0.800. The third kappa shape index (κ3) is 5.03. The first kappa shape index (κ1) is 15.8. The van der Waals surface area contributed by atoms with Crippen LogP contribution >= 0.6 is 0 Å². The number of rotatable bonds is 8. The van der Waals surface area contributed by atoms with E-state index >= 15 is 0 Å². The van der Waals surface area contributed by atoms with Crippen LogP contribution < -0.4 is 5.32 Å². The van der Waals surface area contributed by atoms with Crippen molar-refractivity contribution in [1.29, 1.82) is 0 Å². The lowest BCUT2D eigenvalue weighted by Gasteiger charge is -2.20. The largest absolute Gasteiger partial charge is 0.468 e. The van der Waals surface area contributed by atoms with Crippen LogP contribution in [0.15, 0.2) is 47.1 Å². The van der Waals surface area contributed by atoms with Crippen LogP contribution in [0.2, 0.25) is 0 Å². The third-order valence-electron chi connectivity index (χ3n) is 3.60. The van der Waals surface area contributed by atoms with E-state index in [-0.39, 0.29) is 0 Å². The van der Waals surface area contributed by atoms with Crippen molar-refractivity contribution in [2.75, 3.05) is 6.54 Å². The van der Waals surface area contributed by atoms with Crippen molar-refractivity contribution in [3.8, 4) is 0 Å². The zero-order valence-electron chi connectivity index (χ0n) is 13.3. The lowest BCUT2D eigenvalue weighted by Crippen LogP contribution is -2.25. The molecule has 3 nitrogen and oxygen atoms in total. The van der Waals surface area contributed by atoms with Crippen molar-refractivity contribution >= 4 is 0 Å². The molecule has 0 saturated carbocycles. The maximum absolute atomic E-state index is 5.62. The highest BCUT2D eigenvalue weighted by molar-refractivity contribution is 5.18. The van der Waals surface area contributed by atoms with Gasteiger partial charge in [-0.2, -0.15) is 0 Å². The van der Waals surface area contributed by atoms with Crippen molar-refractivity contribution in [2.24, 2.45) is 0 Å². The van der Waals surface area contributed by atoms with E-state index in [1.165, 1.54) is 11.1 Å². The third-order valence-corrected chi connectivity index (χ3v) is 3.60. The molecule has 0 atom stereocenters. The van der Waals surface area contributed by atoms with Crippen LogP contribution in [-0.2, 0) is 19.6 Å². The summed E-state index contributed by atoms with van der Waals surface area (Å²) in [6, 6.07) is 13.2. The molecule has 1 aromatic carbocycles. The average molecular weight is 286 g/mol. The standard InChI is InChI=1S/C18H26N2O/c1-4-20(13-16-8-6-5-7-9-16)14-17-10-11-21-18(17)12-19-15(2)3/h5-11,15,19H,4,12-14H2,1-3H3. The molecule has 1 heterocycles. The van der Waals surface area contributed by atoms with Gasteiger partial charge in [0.25, 0.3) is 0 Å². The van der Waals surface area contributed by atoms with Crippen LogP contribution in [0.3, 0.4) is 0 Å². The van der Waals surface area contributed by atoms with E-state index < -0.39 is 0 Å². The lowest BCUT2D eigenvalue weighted by atomic mass is 10.2. The van der Waals surface area contributed by atoms with Crippen LogP contribution in [0, 0.1) is 0 Å². The van der Waals surface area contributed by atoms with Gasteiger partial charge in [-0.1, -0.05) is 51.1 Å². The summed E-state index contributed by atoms with van der Waals surface area (Å²) in [6.07, 6.45) is 1.79. The van der Waals surface area contributed by atoms with Crippen molar-refractivity contribution in [3.63, 3.8) is 0 Å². The molecule has 1 N–H and O–H groups in total. The SMILES string of the molecule is CCN(Cc1ccccc1)Cc1ccoc1CNC(C)C. The fraction of sp³-hybridized carbons (Fsp3) is 0.444. The summed E-state index contributed by atoms with van der Waals surface area (Å²) in [5.74, 6) is 1.05. The first-order chi connectivity index (χ1) is 10.2. The molecule has 2 rings (SSSR count). The average Bonchev–Trinajstić information content (AvgIpc) is 2.92. The highest BCUT2D eigenvalue weighted by Crippen LogP contribution is 2.15. The topological polar surface area (TPSA) is 28.4 Å². The number of nitrogens with zero attached hydrogens (tertiary/aromatic N) is 1. The zero-order valence-corrected chi connectivity index (χ0v) is 13.3. The Hall–Kier alpha value is -1.58. The van der Waals surface area contributed by atoms with Crippen molar-refractivity contribution in [2.45, 2.75) is 46.4 Å². The molecule has 114 valence electrons. The second kappa shape index (κ2) is 8.01. The van der Waals surface area contributed by atoms with Gasteiger partial charge in [0, 0.05) is 24.7 Å². The summed E-state index contributed by atoms with van der Waals surface area (Å²) >= 11 is 0. The van der Waals surface area contributed by atoms with Gasteiger partial charge in [-0.05, 0) is 18.2 Å². The zero-order chi connectivity index (χ0) is 15.1. The first-order valence-electron chi connectivity index (χ1n) is 7.74. The second-order valence-corrected chi connectivity index (χ2v) is 5.69. The Labute approximate surface area is 128 Å². The van der Waals surface area contributed by atoms with Gasteiger partial charge in [0.15, 0.2) is 0 Å². The fourth-order valence-electron chi connectivity index (χ4n) is 2.32. The monoisotopic (exact) mass is 286 g/mol. The lowest BCUT2D eigenvalue weighted by molar-refractivity contribution is 0.268. The van der Waals surface area contributed by atoms with Crippen molar-refractivity contribution in [3.05, 3.63) is 59.5 Å². The smallest absolute Gasteiger partial charge is 0.122 e. The van der Waals surface area contributed by atoms with Crippen LogP contribution in [0.1, 0.15) is 37.7 Å². The molecule has 0 aliphatic heterocycles. The Morgan fingerprint density at radius 2 is 1.86 bits per heavy atom. The van der Waals surface area contributed by atoms with Crippen LogP contribution in [-0.4, -0.2) is 17.5 Å². The molecule has 0 spiro atoms. The van der Waals surface area contributed by atoms with Gasteiger partial charge in [-0.15, -0.1) is 0 Å².